The van der Waals surface area contributed by atoms with E-state index in [4.69, 9.17) is 33.3 Å². The number of aryl methyl sites for hydroxylation is 2. The minimum Gasteiger partial charge on any atom is -0.352 e. The van der Waals surface area contributed by atoms with Gasteiger partial charge in [-0.15, -0.1) is 0 Å². The van der Waals surface area contributed by atoms with Crippen LogP contribution in [0.5, 0.6) is 0 Å². The lowest BCUT2D eigenvalue weighted by atomic mass is 10.1. The Morgan fingerprint density at radius 1 is 1.00 bits per heavy atom. The van der Waals surface area contributed by atoms with Crippen molar-refractivity contribution >= 4 is 34.8 Å². The topological polar surface area (TPSA) is 59.3 Å². The average molecular weight is 453 g/mol. The molecule has 4 aromatic rings. The van der Waals surface area contributed by atoms with E-state index in [2.05, 4.69) is 5.32 Å². The molecule has 0 aliphatic rings. The molecule has 0 bridgehead atoms. The number of benzene rings is 2. The van der Waals surface area contributed by atoms with Gasteiger partial charge in [-0.05, 0) is 55.7 Å². The van der Waals surface area contributed by atoms with Crippen LogP contribution in [-0.2, 0) is 17.8 Å². The van der Waals surface area contributed by atoms with Gasteiger partial charge in [0.15, 0.2) is 5.65 Å². The number of hydrogen-bond donors (Lipinski definition) is 1. The smallest absolute Gasteiger partial charge is 0.220 e. The molecule has 2 aromatic carbocycles. The number of fused-ring (bicyclic) bond motifs is 1. The van der Waals surface area contributed by atoms with Gasteiger partial charge in [-0.3, -0.25) is 4.79 Å². The van der Waals surface area contributed by atoms with Crippen molar-refractivity contribution in [3.8, 4) is 11.3 Å². The lowest BCUT2D eigenvalue weighted by Crippen LogP contribution is -2.23. The first-order valence-corrected chi connectivity index (χ1v) is 10.8. The van der Waals surface area contributed by atoms with Crippen LogP contribution in [0.3, 0.4) is 0 Å². The molecule has 31 heavy (non-hydrogen) atoms. The molecule has 0 unspecified atom stereocenters. The predicted molar refractivity (Wildman–Crippen MR) is 125 cm³/mol. The maximum atomic E-state index is 12.4. The molecule has 0 radical (unpaired) electrons. The van der Waals surface area contributed by atoms with E-state index in [-0.39, 0.29) is 5.91 Å². The quantitative estimate of drug-likeness (QED) is 0.415. The number of nitrogens with one attached hydrogen (secondary N) is 1. The van der Waals surface area contributed by atoms with Crippen LogP contribution in [0.4, 0.5) is 0 Å². The molecule has 4 rings (SSSR count). The third-order valence-corrected chi connectivity index (χ3v) is 5.81. The van der Waals surface area contributed by atoms with E-state index in [1.807, 2.05) is 73.0 Å². The summed E-state index contributed by atoms with van der Waals surface area (Å²) < 4.78 is 1.85. The summed E-state index contributed by atoms with van der Waals surface area (Å²) in [6, 6.07) is 17.0. The molecule has 1 amide bonds. The van der Waals surface area contributed by atoms with Gasteiger partial charge in [0.05, 0.1) is 5.69 Å². The monoisotopic (exact) mass is 452 g/mol. The Balaban J connectivity index is 1.47. The normalized spacial score (nSPS) is 11.1. The molecule has 0 fully saturated rings. The van der Waals surface area contributed by atoms with Crippen LogP contribution in [0.2, 0.25) is 10.0 Å². The fraction of sp³-hybridized carbons (Fsp3) is 0.208. The molecule has 5 nitrogen and oxygen atoms in total. The summed E-state index contributed by atoms with van der Waals surface area (Å²) in [4.78, 5) is 17.1. The molecule has 0 aliphatic carbocycles. The summed E-state index contributed by atoms with van der Waals surface area (Å²) in [5.74, 6) is -0.00355. The van der Waals surface area contributed by atoms with Gasteiger partial charge in [0.2, 0.25) is 5.91 Å². The van der Waals surface area contributed by atoms with Crippen LogP contribution in [-0.4, -0.2) is 20.5 Å². The molecule has 7 heteroatoms. The summed E-state index contributed by atoms with van der Waals surface area (Å²) in [6.07, 6.45) is 0.983. The maximum Gasteiger partial charge on any atom is 0.220 e. The molecule has 158 valence electrons. The fourth-order valence-corrected chi connectivity index (χ4v) is 3.83. The van der Waals surface area contributed by atoms with E-state index in [0.29, 0.717) is 29.4 Å². The molecule has 0 aliphatic heterocycles. The molecule has 0 saturated heterocycles. The van der Waals surface area contributed by atoms with Crippen molar-refractivity contribution in [3.63, 3.8) is 0 Å². The predicted octanol–water partition coefficient (Wildman–Crippen LogP) is 5.57. The number of rotatable bonds is 6. The van der Waals surface area contributed by atoms with E-state index in [1.165, 1.54) is 0 Å². The molecular formula is C24H22Cl2N4O. The average Bonchev–Trinajstić information content (AvgIpc) is 3.18. The van der Waals surface area contributed by atoms with Crippen molar-refractivity contribution in [1.29, 1.82) is 0 Å². The van der Waals surface area contributed by atoms with Gasteiger partial charge in [-0.25, -0.2) is 9.50 Å². The van der Waals surface area contributed by atoms with Gasteiger partial charge in [-0.2, -0.15) is 5.10 Å². The second-order valence-electron chi connectivity index (χ2n) is 7.47. The van der Waals surface area contributed by atoms with Crippen LogP contribution in [0.25, 0.3) is 16.9 Å². The summed E-state index contributed by atoms with van der Waals surface area (Å²) in [5, 5.41) is 9.05. The van der Waals surface area contributed by atoms with Crippen molar-refractivity contribution in [2.75, 3.05) is 0 Å². The van der Waals surface area contributed by atoms with Crippen LogP contribution in [0.15, 0.2) is 54.6 Å². The number of carbonyl (C=O) groups is 1. The van der Waals surface area contributed by atoms with Crippen LogP contribution in [0.1, 0.15) is 28.9 Å². The number of aromatic nitrogens is 3. The second kappa shape index (κ2) is 9.08. The van der Waals surface area contributed by atoms with Crippen LogP contribution >= 0.6 is 23.2 Å². The van der Waals surface area contributed by atoms with Gasteiger partial charge in [0, 0.05) is 46.0 Å². The number of carbonyl (C=O) groups excluding carboxylic acids is 1. The zero-order chi connectivity index (χ0) is 22.0. The third-order valence-electron chi connectivity index (χ3n) is 5.31. The van der Waals surface area contributed by atoms with Crippen molar-refractivity contribution < 1.29 is 4.79 Å². The summed E-state index contributed by atoms with van der Waals surface area (Å²) >= 11 is 11.9. The fourth-order valence-electron chi connectivity index (χ4n) is 3.58. The molecule has 0 spiro atoms. The minimum absolute atomic E-state index is 0.00355. The van der Waals surface area contributed by atoms with Crippen molar-refractivity contribution in [3.05, 3.63) is 87.2 Å². The van der Waals surface area contributed by atoms with E-state index in [1.54, 1.807) is 0 Å². The van der Waals surface area contributed by atoms with Gasteiger partial charge in [0.1, 0.15) is 0 Å². The Hall–Kier alpha value is -2.89. The van der Waals surface area contributed by atoms with E-state index >= 15 is 0 Å². The second-order valence-corrected chi connectivity index (χ2v) is 8.34. The Morgan fingerprint density at radius 2 is 1.65 bits per heavy atom. The zero-order valence-corrected chi connectivity index (χ0v) is 18.8. The molecular weight excluding hydrogens is 431 g/mol. The highest BCUT2D eigenvalue weighted by molar-refractivity contribution is 6.30. The first-order valence-electron chi connectivity index (χ1n) is 10.0. The number of amides is 1. The van der Waals surface area contributed by atoms with Crippen molar-refractivity contribution in [1.82, 2.24) is 19.9 Å². The lowest BCUT2D eigenvalue weighted by Gasteiger charge is -2.11. The maximum absolute atomic E-state index is 12.4. The summed E-state index contributed by atoms with van der Waals surface area (Å²) in [5.41, 5.74) is 6.57. The van der Waals surface area contributed by atoms with Gasteiger partial charge < -0.3 is 5.32 Å². The number of nitrogens with zero attached hydrogens (tertiary/aromatic N) is 3. The molecule has 2 heterocycles. The Kier molecular flexibility index (Phi) is 6.25. The third kappa shape index (κ3) is 4.89. The minimum atomic E-state index is -0.00355. The molecule has 0 saturated carbocycles. The van der Waals surface area contributed by atoms with Crippen molar-refractivity contribution in [2.24, 2.45) is 0 Å². The highest BCUT2D eigenvalue weighted by Gasteiger charge is 2.14. The standard InChI is InChI=1S/C24H22Cl2N4O/c1-15-21(11-12-24(31)27-14-17-3-7-19(25)8-4-17)16(2)30-23(28-15)13-22(29-30)18-5-9-20(26)10-6-18/h3-10,13H,11-12,14H2,1-2H3,(H,27,31). The van der Waals surface area contributed by atoms with Gasteiger partial charge >= 0.3 is 0 Å². The Morgan fingerprint density at radius 3 is 2.32 bits per heavy atom. The van der Waals surface area contributed by atoms with Crippen molar-refractivity contribution in [2.45, 2.75) is 33.2 Å². The summed E-state index contributed by atoms with van der Waals surface area (Å²) in [6.45, 7) is 4.47. The number of halogens is 2. The van der Waals surface area contributed by atoms with E-state index in [9.17, 15) is 4.79 Å². The van der Waals surface area contributed by atoms with Gasteiger partial charge in [-0.1, -0.05) is 47.5 Å². The van der Waals surface area contributed by atoms with Gasteiger partial charge in [0.25, 0.3) is 0 Å². The number of hydrogen-bond acceptors (Lipinski definition) is 3. The Bertz CT molecular complexity index is 1230. The first-order chi connectivity index (χ1) is 14.9. The van der Waals surface area contributed by atoms with Crippen LogP contribution in [0, 0.1) is 13.8 Å². The largest absolute Gasteiger partial charge is 0.352 e. The van der Waals surface area contributed by atoms with E-state index in [0.717, 1.165) is 39.4 Å². The molecule has 1 N–H and O–H groups in total. The van der Waals surface area contributed by atoms with E-state index < -0.39 is 0 Å². The summed E-state index contributed by atoms with van der Waals surface area (Å²) in [7, 11) is 0. The molecule has 0 atom stereocenters. The highest BCUT2D eigenvalue weighted by atomic mass is 35.5. The molecule has 2 aromatic heterocycles. The Labute approximate surface area is 191 Å². The lowest BCUT2D eigenvalue weighted by molar-refractivity contribution is -0.121. The zero-order valence-electron chi connectivity index (χ0n) is 17.3. The van der Waals surface area contributed by atoms with Crippen LogP contribution < -0.4 is 5.32 Å². The first kappa shape index (κ1) is 21.3. The highest BCUT2D eigenvalue weighted by Crippen LogP contribution is 2.24. The SMILES string of the molecule is Cc1nc2cc(-c3ccc(Cl)cc3)nn2c(C)c1CCC(=O)NCc1ccc(Cl)cc1.